The summed E-state index contributed by atoms with van der Waals surface area (Å²) in [6.45, 7) is 6.50. The number of rotatable bonds is 5. The van der Waals surface area contributed by atoms with E-state index in [0.29, 0.717) is 11.5 Å². The molecule has 0 saturated heterocycles. The molecule has 0 fully saturated rings. The quantitative estimate of drug-likeness (QED) is 0.622. The zero-order valence-electron chi connectivity index (χ0n) is 16.3. The van der Waals surface area contributed by atoms with Gasteiger partial charge in [0, 0.05) is 5.69 Å². The molecule has 2 N–H and O–H groups in total. The number of amides is 1. The first-order valence-electron chi connectivity index (χ1n) is 9.18. The lowest BCUT2D eigenvalue weighted by molar-refractivity contribution is -0.115. The fourth-order valence-corrected chi connectivity index (χ4v) is 2.92. The van der Waals surface area contributed by atoms with Crippen molar-refractivity contribution in [3.05, 3.63) is 83.8 Å². The van der Waals surface area contributed by atoms with E-state index in [-0.39, 0.29) is 23.6 Å². The fourth-order valence-electron chi connectivity index (χ4n) is 2.92. The largest absolute Gasteiger partial charge is 0.340 e. The molecule has 1 heterocycles. The zero-order valence-corrected chi connectivity index (χ0v) is 16.3. The molecule has 5 heteroatoms. The van der Waals surface area contributed by atoms with E-state index >= 15 is 0 Å². The number of nitrogens with one attached hydrogen (secondary N) is 2. The Balaban J connectivity index is 1.64. The smallest absolute Gasteiger partial charge is 0.228 e. The summed E-state index contributed by atoms with van der Waals surface area (Å²) in [5.74, 6) is 0.213. The van der Waals surface area contributed by atoms with E-state index in [1.165, 1.54) is 17.7 Å². The Bertz CT molecular complexity index is 945. The van der Waals surface area contributed by atoms with Crippen molar-refractivity contribution in [2.75, 3.05) is 10.6 Å². The van der Waals surface area contributed by atoms with Gasteiger partial charge in [0.25, 0.3) is 0 Å². The summed E-state index contributed by atoms with van der Waals surface area (Å²) in [5.41, 5.74) is 3.59. The summed E-state index contributed by atoms with van der Waals surface area (Å²) in [6.07, 6.45) is 1.80. The molecule has 1 aromatic heterocycles. The molecule has 144 valence electrons. The van der Waals surface area contributed by atoms with Crippen LogP contribution in [0.1, 0.15) is 31.9 Å². The van der Waals surface area contributed by atoms with Crippen LogP contribution in [0.4, 0.5) is 21.6 Å². The second-order valence-corrected chi connectivity index (χ2v) is 7.70. The monoisotopic (exact) mass is 377 g/mol. The van der Waals surface area contributed by atoms with Gasteiger partial charge in [0.2, 0.25) is 5.91 Å². The van der Waals surface area contributed by atoms with Crippen LogP contribution in [0.25, 0.3) is 0 Å². The maximum atomic E-state index is 12.9. The first-order valence-corrected chi connectivity index (χ1v) is 9.18. The molecular weight excluding hydrogens is 353 g/mol. The van der Waals surface area contributed by atoms with Crippen LogP contribution in [0, 0.1) is 5.82 Å². The van der Waals surface area contributed by atoms with E-state index in [0.717, 1.165) is 11.3 Å². The Hall–Kier alpha value is -3.21. The molecule has 0 spiro atoms. The predicted molar refractivity (Wildman–Crippen MR) is 111 cm³/mol. The minimum Gasteiger partial charge on any atom is -0.340 e. The fraction of sp³-hybridized carbons (Fsp3) is 0.217. The Morgan fingerprint density at radius 2 is 1.71 bits per heavy atom. The molecule has 3 rings (SSSR count). The number of aromatic nitrogens is 1. The van der Waals surface area contributed by atoms with E-state index in [1.807, 2.05) is 24.3 Å². The van der Waals surface area contributed by atoms with Crippen molar-refractivity contribution in [1.82, 2.24) is 4.98 Å². The van der Waals surface area contributed by atoms with Crippen LogP contribution in [0.15, 0.2) is 66.9 Å². The summed E-state index contributed by atoms with van der Waals surface area (Å²) < 4.78 is 12.9. The average molecular weight is 377 g/mol. The number of anilines is 3. The van der Waals surface area contributed by atoms with Gasteiger partial charge in [-0.1, -0.05) is 51.1 Å². The molecule has 0 unspecified atom stereocenters. The Morgan fingerprint density at radius 1 is 1.00 bits per heavy atom. The molecule has 0 atom stereocenters. The van der Waals surface area contributed by atoms with Crippen molar-refractivity contribution < 1.29 is 9.18 Å². The summed E-state index contributed by atoms with van der Waals surface area (Å²) in [4.78, 5) is 16.5. The van der Waals surface area contributed by atoms with Crippen LogP contribution < -0.4 is 10.6 Å². The van der Waals surface area contributed by atoms with Gasteiger partial charge in [-0.15, -0.1) is 0 Å². The van der Waals surface area contributed by atoms with Crippen molar-refractivity contribution in [3.63, 3.8) is 0 Å². The van der Waals surface area contributed by atoms with E-state index < -0.39 is 0 Å². The van der Waals surface area contributed by atoms with Gasteiger partial charge in [-0.05, 0) is 46.9 Å². The zero-order chi connectivity index (χ0) is 20.1. The highest BCUT2D eigenvalue weighted by Crippen LogP contribution is 2.30. The number of carbonyl (C=O) groups is 1. The van der Waals surface area contributed by atoms with Crippen molar-refractivity contribution in [2.24, 2.45) is 0 Å². The minimum absolute atomic E-state index is 0.0118. The molecule has 4 nitrogen and oxygen atoms in total. The van der Waals surface area contributed by atoms with Gasteiger partial charge in [0.15, 0.2) is 0 Å². The molecule has 0 radical (unpaired) electrons. The predicted octanol–water partition coefficient (Wildman–Crippen LogP) is 5.44. The molecule has 0 aliphatic rings. The molecule has 0 aliphatic carbocycles. The molecular formula is C23H24FN3O. The average Bonchev–Trinajstić information content (AvgIpc) is 2.65. The van der Waals surface area contributed by atoms with Gasteiger partial charge in [-0.2, -0.15) is 0 Å². The normalized spacial score (nSPS) is 11.1. The van der Waals surface area contributed by atoms with Crippen molar-refractivity contribution in [1.29, 1.82) is 0 Å². The summed E-state index contributed by atoms with van der Waals surface area (Å²) in [7, 11) is 0. The van der Waals surface area contributed by atoms with Gasteiger partial charge in [0.05, 0.1) is 18.3 Å². The number of nitrogens with zero attached hydrogens (tertiary/aromatic N) is 1. The van der Waals surface area contributed by atoms with E-state index in [9.17, 15) is 9.18 Å². The third-order valence-corrected chi connectivity index (χ3v) is 4.32. The highest BCUT2D eigenvalue weighted by atomic mass is 19.1. The lowest BCUT2D eigenvalue weighted by Crippen LogP contribution is -2.15. The van der Waals surface area contributed by atoms with Gasteiger partial charge in [-0.25, -0.2) is 9.37 Å². The molecule has 28 heavy (non-hydrogen) atoms. The lowest BCUT2D eigenvalue weighted by atomic mass is 9.86. The third-order valence-electron chi connectivity index (χ3n) is 4.32. The van der Waals surface area contributed by atoms with Crippen LogP contribution in [0.5, 0.6) is 0 Å². The molecule has 3 aromatic rings. The SMILES string of the molecule is CC(C)(C)c1ccccc1Nc1ccc(NC(=O)Cc2ccc(F)cc2)cn1. The molecule has 0 aliphatic heterocycles. The standard InChI is InChI=1S/C23H24FN3O/c1-23(2,3)19-6-4-5-7-20(19)27-21-13-12-18(15-25-21)26-22(28)14-16-8-10-17(24)11-9-16/h4-13,15H,14H2,1-3H3,(H,25,27)(H,26,28). The lowest BCUT2D eigenvalue weighted by Gasteiger charge is -2.23. The molecule has 2 aromatic carbocycles. The Labute approximate surface area is 164 Å². The maximum absolute atomic E-state index is 12.9. The van der Waals surface area contributed by atoms with Gasteiger partial charge in [-0.3, -0.25) is 4.79 Å². The van der Waals surface area contributed by atoms with Crippen LogP contribution in [0.3, 0.4) is 0 Å². The van der Waals surface area contributed by atoms with E-state index in [4.69, 9.17) is 0 Å². The Morgan fingerprint density at radius 3 is 2.36 bits per heavy atom. The second-order valence-electron chi connectivity index (χ2n) is 7.70. The number of para-hydroxylation sites is 1. The summed E-state index contributed by atoms with van der Waals surface area (Å²) in [6, 6.07) is 17.7. The van der Waals surface area contributed by atoms with Crippen molar-refractivity contribution in [2.45, 2.75) is 32.6 Å². The van der Waals surface area contributed by atoms with E-state index in [1.54, 1.807) is 24.4 Å². The van der Waals surface area contributed by atoms with Crippen LogP contribution in [-0.4, -0.2) is 10.9 Å². The van der Waals surface area contributed by atoms with Crippen LogP contribution in [-0.2, 0) is 16.6 Å². The number of halogens is 1. The number of benzene rings is 2. The van der Waals surface area contributed by atoms with E-state index in [2.05, 4.69) is 42.5 Å². The number of carbonyl (C=O) groups excluding carboxylic acids is 1. The summed E-state index contributed by atoms with van der Waals surface area (Å²) >= 11 is 0. The topological polar surface area (TPSA) is 54.0 Å². The number of pyridine rings is 1. The summed E-state index contributed by atoms with van der Waals surface area (Å²) in [5, 5.41) is 6.15. The second kappa shape index (κ2) is 8.21. The van der Waals surface area contributed by atoms with Crippen molar-refractivity contribution in [3.8, 4) is 0 Å². The molecule has 0 bridgehead atoms. The number of hydrogen-bond donors (Lipinski definition) is 2. The first-order chi connectivity index (χ1) is 13.3. The van der Waals surface area contributed by atoms with Crippen LogP contribution in [0.2, 0.25) is 0 Å². The Kier molecular flexibility index (Phi) is 5.73. The van der Waals surface area contributed by atoms with Crippen molar-refractivity contribution >= 4 is 23.1 Å². The van der Waals surface area contributed by atoms with Gasteiger partial charge < -0.3 is 10.6 Å². The molecule has 0 saturated carbocycles. The van der Waals surface area contributed by atoms with Crippen LogP contribution >= 0.6 is 0 Å². The minimum atomic E-state index is -0.315. The van der Waals surface area contributed by atoms with Gasteiger partial charge >= 0.3 is 0 Å². The highest BCUT2D eigenvalue weighted by Gasteiger charge is 2.17. The van der Waals surface area contributed by atoms with Gasteiger partial charge in [0.1, 0.15) is 11.6 Å². The third kappa shape index (κ3) is 5.16. The maximum Gasteiger partial charge on any atom is 0.228 e. The first kappa shape index (κ1) is 19.5. The molecule has 1 amide bonds. The number of hydrogen-bond acceptors (Lipinski definition) is 3. The highest BCUT2D eigenvalue weighted by molar-refractivity contribution is 5.92.